The van der Waals surface area contributed by atoms with Gasteiger partial charge in [0.25, 0.3) is 0 Å². The Bertz CT molecular complexity index is 435. The van der Waals surface area contributed by atoms with E-state index in [0.29, 0.717) is 6.61 Å². The van der Waals surface area contributed by atoms with Gasteiger partial charge in [-0.15, -0.1) is 0 Å². The number of hydrogen-bond acceptors (Lipinski definition) is 3. The van der Waals surface area contributed by atoms with Crippen molar-refractivity contribution in [1.29, 1.82) is 0 Å². The first-order chi connectivity index (χ1) is 7.66. The average Bonchev–Trinajstić information content (AvgIpc) is 2.29. The van der Waals surface area contributed by atoms with Crippen LogP contribution < -0.4 is 5.32 Å². The molecule has 0 aromatic heterocycles. The third-order valence-corrected chi connectivity index (χ3v) is 3.93. The Balaban J connectivity index is 2.09. The maximum Gasteiger partial charge on any atom is 0.0975 e. The zero-order valence-electron chi connectivity index (χ0n) is 9.03. The fraction of sp³-hybridized carbons (Fsp3) is 0.500. The van der Waals surface area contributed by atoms with E-state index in [2.05, 4.69) is 11.4 Å². The summed E-state index contributed by atoms with van der Waals surface area (Å²) >= 11 is 6.27. The van der Waals surface area contributed by atoms with E-state index < -0.39 is 6.10 Å². The van der Waals surface area contributed by atoms with Gasteiger partial charge in [0.2, 0.25) is 0 Å². The number of hydrogen-bond donors (Lipinski definition) is 2. The quantitative estimate of drug-likeness (QED) is 0.730. The van der Waals surface area contributed by atoms with Crippen molar-refractivity contribution in [3.05, 3.63) is 28.3 Å². The van der Waals surface area contributed by atoms with Crippen LogP contribution in [0.15, 0.2) is 12.1 Å². The van der Waals surface area contributed by atoms with Gasteiger partial charge in [-0.05, 0) is 12.5 Å². The van der Waals surface area contributed by atoms with Crippen LogP contribution in [-0.2, 0) is 4.74 Å². The van der Waals surface area contributed by atoms with Crippen LogP contribution >= 0.6 is 11.6 Å². The molecular weight excluding hydrogens is 226 g/mol. The summed E-state index contributed by atoms with van der Waals surface area (Å²) in [5.41, 5.74) is 3.09. The summed E-state index contributed by atoms with van der Waals surface area (Å²) in [6, 6.07) is 4.13. The number of aliphatic hydroxyl groups excluding tert-OH is 1. The standard InChI is InChI=1S/C12H14ClNO2/c1-6-2-3-7-10-4-8(9(15)5-16-10)14-12(7)11(6)13/h2-3,8-10,14-15H,4-5H2,1H3/t8-,9+,10-/m1/s1. The first kappa shape index (κ1) is 10.4. The molecule has 0 spiro atoms. The summed E-state index contributed by atoms with van der Waals surface area (Å²) in [6.45, 7) is 2.37. The van der Waals surface area contributed by atoms with E-state index in [1.807, 2.05) is 13.0 Å². The first-order valence-electron chi connectivity index (χ1n) is 5.52. The minimum absolute atomic E-state index is 0.0607. The minimum Gasteiger partial charge on any atom is -0.389 e. The van der Waals surface area contributed by atoms with E-state index in [4.69, 9.17) is 16.3 Å². The maximum atomic E-state index is 9.78. The Hall–Kier alpha value is -0.770. The molecule has 0 unspecified atom stereocenters. The fourth-order valence-electron chi connectivity index (χ4n) is 2.45. The molecule has 1 fully saturated rings. The highest BCUT2D eigenvalue weighted by molar-refractivity contribution is 6.34. The number of anilines is 1. The number of rotatable bonds is 0. The largest absolute Gasteiger partial charge is 0.389 e. The van der Waals surface area contributed by atoms with Crippen molar-refractivity contribution in [3.63, 3.8) is 0 Å². The highest BCUT2D eigenvalue weighted by Gasteiger charge is 2.37. The minimum atomic E-state index is -0.444. The third-order valence-electron chi connectivity index (χ3n) is 3.44. The Morgan fingerprint density at radius 2 is 2.31 bits per heavy atom. The topological polar surface area (TPSA) is 41.5 Å². The van der Waals surface area contributed by atoms with Crippen molar-refractivity contribution in [3.8, 4) is 0 Å². The molecule has 0 saturated carbocycles. The first-order valence-corrected chi connectivity index (χ1v) is 5.90. The molecule has 0 aliphatic carbocycles. The molecule has 2 bridgehead atoms. The molecule has 0 amide bonds. The fourth-order valence-corrected chi connectivity index (χ4v) is 2.68. The van der Waals surface area contributed by atoms with Crippen molar-refractivity contribution < 1.29 is 9.84 Å². The normalized spacial score (nSPS) is 31.8. The molecule has 2 N–H and O–H groups in total. The van der Waals surface area contributed by atoms with Crippen LogP contribution in [0.1, 0.15) is 23.7 Å². The van der Waals surface area contributed by atoms with Crippen LogP contribution in [0.5, 0.6) is 0 Å². The van der Waals surface area contributed by atoms with Crippen molar-refractivity contribution in [2.24, 2.45) is 0 Å². The van der Waals surface area contributed by atoms with Crippen LogP contribution in [0.2, 0.25) is 5.02 Å². The van der Waals surface area contributed by atoms with Gasteiger partial charge in [-0.3, -0.25) is 0 Å². The molecule has 1 aromatic carbocycles. The van der Waals surface area contributed by atoms with Crippen LogP contribution in [-0.4, -0.2) is 23.9 Å². The molecular formula is C12H14ClNO2. The lowest BCUT2D eigenvalue weighted by Crippen LogP contribution is -2.46. The number of fused-ring (bicyclic) bond motifs is 4. The molecule has 4 heteroatoms. The summed E-state index contributed by atoms with van der Waals surface area (Å²) in [5, 5.41) is 13.8. The molecule has 1 saturated heterocycles. The lowest BCUT2D eigenvalue weighted by molar-refractivity contribution is -0.0672. The van der Waals surface area contributed by atoms with E-state index in [9.17, 15) is 5.11 Å². The molecule has 3 nitrogen and oxygen atoms in total. The second-order valence-corrected chi connectivity index (χ2v) is 4.91. The average molecular weight is 240 g/mol. The molecule has 0 radical (unpaired) electrons. The second kappa shape index (κ2) is 3.62. The van der Waals surface area contributed by atoms with Gasteiger partial charge in [0.1, 0.15) is 0 Å². The summed E-state index contributed by atoms with van der Waals surface area (Å²) in [7, 11) is 0. The monoisotopic (exact) mass is 239 g/mol. The summed E-state index contributed by atoms with van der Waals surface area (Å²) in [6.07, 6.45) is 0.442. The number of nitrogens with one attached hydrogen (secondary N) is 1. The molecule has 86 valence electrons. The Kier molecular flexibility index (Phi) is 2.35. The maximum absolute atomic E-state index is 9.78. The predicted octanol–water partition coefficient (Wildman–Crippen LogP) is 2.26. The molecule has 2 heterocycles. The number of ether oxygens (including phenoxy) is 1. The highest BCUT2D eigenvalue weighted by Crippen LogP contribution is 2.43. The van der Waals surface area contributed by atoms with Crippen molar-refractivity contribution in [1.82, 2.24) is 0 Å². The van der Waals surface area contributed by atoms with Crippen LogP contribution in [0, 0.1) is 6.92 Å². The van der Waals surface area contributed by atoms with Crippen molar-refractivity contribution >= 4 is 17.3 Å². The number of benzene rings is 1. The Morgan fingerprint density at radius 3 is 3.12 bits per heavy atom. The molecule has 2 aliphatic heterocycles. The predicted molar refractivity (Wildman–Crippen MR) is 62.9 cm³/mol. The van der Waals surface area contributed by atoms with E-state index >= 15 is 0 Å². The van der Waals surface area contributed by atoms with Gasteiger partial charge in [-0.25, -0.2) is 0 Å². The third kappa shape index (κ3) is 1.43. The zero-order chi connectivity index (χ0) is 11.3. The molecule has 2 aliphatic rings. The van der Waals surface area contributed by atoms with Crippen molar-refractivity contribution in [2.75, 3.05) is 11.9 Å². The SMILES string of the molecule is Cc1ccc2c(c1Cl)N[C@@H]1C[C@H]2OC[C@@H]1O. The summed E-state index contributed by atoms with van der Waals surface area (Å²) in [5.74, 6) is 0. The van der Waals surface area contributed by atoms with E-state index in [1.54, 1.807) is 0 Å². The Morgan fingerprint density at radius 1 is 1.50 bits per heavy atom. The second-order valence-electron chi connectivity index (χ2n) is 4.54. The van der Waals surface area contributed by atoms with Crippen LogP contribution in [0.25, 0.3) is 0 Å². The summed E-state index contributed by atoms with van der Waals surface area (Å²) in [4.78, 5) is 0. The van der Waals surface area contributed by atoms with Gasteiger partial charge in [-0.2, -0.15) is 0 Å². The lowest BCUT2D eigenvalue weighted by atomic mass is 9.89. The Labute approximate surface area is 99.4 Å². The van der Waals surface area contributed by atoms with E-state index in [0.717, 1.165) is 28.3 Å². The van der Waals surface area contributed by atoms with Gasteiger partial charge in [0, 0.05) is 12.0 Å². The highest BCUT2D eigenvalue weighted by atomic mass is 35.5. The van der Waals surface area contributed by atoms with E-state index in [-0.39, 0.29) is 12.1 Å². The lowest BCUT2D eigenvalue weighted by Gasteiger charge is -2.40. The smallest absolute Gasteiger partial charge is 0.0975 e. The van der Waals surface area contributed by atoms with Gasteiger partial charge in [0.05, 0.1) is 35.6 Å². The molecule has 3 rings (SSSR count). The molecule has 3 atom stereocenters. The number of aliphatic hydroxyl groups is 1. The van der Waals surface area contributed by atoms with Crippen molar-refractivity contribution in [2.45, 2.75) is 31.6 Å². The molecule has 16 heavy (non-hydrogen) atoms. The summed E-state index contributed by atoms with van der Waals surface area (Å²) < 4.78 is 5.63. The van der Waals surface area contributed by atoms with Crippen LogP contribution in [0.3, 0.4) is 0 Å². The van der Waals surface area contributed by atoms with Gasteiger partial charge in [0.15, 0.2) is 0 Å². The van der Waals surface area contributed by atoms with Gasteiger partial charge >= 0.3 is 0 Å². The van der Waals surface area contributed by atoms with Gasteiger partial charge < -0.3 is 15.2 Å². The van der Waals surface area contributed by atoms with Crippen LogP contribution in [0.4, 0.5) is 5.69 Å². The number of halogens is 1. The van der Waals surface area contributed by atoms with E-state index in [1.165, 1.54) is 0 Å². The molecule has 1 aromatic rings. The zero-order valence-corrected chi connectivity index (χ0v) is 9.79. The van der Waals surface area contributed by atoms with Gasteiger partial charge in [-0.1, -0.05) is 23.7 Å². The number of aryl methyl sites for hydroxylation is 1.